The molecule has 0 aliphatic carbocycles. The largest absolute Gasteiger partial charge is 0.485 e. The highest BCUT2D eigenvalue weighted by Gasteiger charge is 2.23. The van der Waals surface area contributed by atoms with Crippen LogP contribution < -0.4 is 10.3 Å². The van der Waals surface area contributed by atoms with E-state index in [1.54, 1.807) is 29.9 Å². The van der Waals surface area contributed by atoms with Crippen LogP contribution in [0.4, 0.5) is 8.78 Å². The second kappa shape index (κ2) is 9.42. The van der Waals surface area contributed by atoms with Gasteiger partial charge in [0.25, 0.3) is 5.56 Å². The number of rotatable bonds is 5. The highest BCUT2D eigenvalue weighted by Crippen LogP contribution is 2.28. The van der Waals surface area contributed by atoms with Gasteiger partial charge in [0.2, 0.25) is 0 Å². The van der Waals surface area contributed by atoms with E-state index < -0.39 is 17.2 Å². The van der Waals surface area contributed by atoms with E-state index in [1.807, 2.05) is 34.7 Å². The van der Waals surface area contributed by atoms with Gasteiger partial charge in [-0.2, -0.15) is 0 Å². The van der Waals surface area contributed by atoms with Crippen LogP contribution in [0, 0.1) is 25.5 Å². The summed E-state index contributed by atoms with van der Waals surface area (Å²) in [5.74, 6) is -0.348. The van der Waals surface area contributed by atoms with Crippen LogP contribution in [0.1, 0.15) is 43.5 Å². The van der Waals surface area contributed by atoms with E-state index in [9.17, 15) is 13.6 Å². The normalized spacial score (nSPS) is 11.7. The topological polar surface area (TPSA) is 87.7 Å². The molecule has 4 rings (SSSR count). The Balaban J connectivity index is 1.72. The Morgan fingerprint density at radius 3 is 2.44 bits per heavy atom. The van der Waals surface area contributed by atoms with Crippen molar-refractivity contribution in [1.82, 2.24) is 29.3 Å². The summed E-state index contributed by atoms with van der Waals surface area (Å²) in [5.41, 5.74) is 1.48. The summed E-state index contributed by atoms with van der Waals surface area (Å²) in [6, 6.07) is 4.02. The molecule has 0 unspecified atom stereocenters. The molecule has 4 aromatic heterocycles. The van der Waals surface area contributed by atoms with Gasteiger partial charge in [-0.25, -0.2) is 13.8 Å². The molecule has 8 nitrogen and oxygen atoms in total. The number of nitrogens with zero attached hydrogens (tertiary/aromatic N) is 6. The molecule has 11 heteroatoms. The number of hydrogen-bond donors (Lipinski definition) is 0. The van der Waals surface area contributed by atoms with Crippen molar-refractivity contribution in [3.8, 4) is 23.0 Å². The van der Waals surface area contributed by atoms with E-state index in [0.717, 1.165) is 17.6 Å². The summed E-state index contributed by atoms with van der Waals surface area (Å²) in [6.45, 7) is 9.36. The van der Waals surface area contributed by atoms with Crippen LogP contribution in [-0.4, -0.2) is 29.3 Å². The van der Waals surface area contributed by atoms with Crippen molar-refractivity contribution in [2.75, 3.05) is 0 Å². The van der Waals surface area contributed by atoms with Crippen molar-refractivity contribution in [2.24, 2.45) is 7.05 Å². The number of aryl methyl sites for hydroxylation is 3. The summed E-state index contributed by atoms with van der Waals surface area (Å²) in [6.07, 6.45) is 2.53. The molecule has 0 fully saturated rings. The van der Waals surface area contributed by atoms with Gasteiger partial charge in [-0.3, -0.25) is 24.0 Å². The maximum atomic E-state index is 13.9. The fourth-order valence-electron chi connectivity index (χ4n) is 3.80. The first kappa shape index (κ1) is 25.4. The SMILES string of the molecule is Cc1cnc(-c2nc(C(C)(C)C)n(C)n2)cc1-n1c(C)cc(OCc2ncc(F)cc2F)c(Cl)c1=O. The number of halogens is 3. The molecule has 4 heterocycles. The first-order valence-corrected chi connectivity index (χ1v) is 11.5. The molecule has 0 radical (unpaired) electrons. The minimum Gasteiger partial charge on any atom is -0.485 e. The highest BCUT2D eigenvalue weighted by molar-refractivity contribution is 6.31. The Morgan fingerprint density at radius 2 is 1.81 bits per heavy atom. The average Bonchev–Trinajstić information content (AvgIpc) is 3.19. The van der Waals surface area contributed by atoms with Crippen LogP contribution in [0.3, 0.4) is 0 Å². The van der Waals surface area contributed by atoms with Gasteiger partial charge in [-0.1, -0.05) is 32.4 Å². The van der Waals surface area contributed by atoms with Crippen molar-refractivity contribution in [2.45, 2.75) is 46.6 Å². The van der Waals surface area contributed by atoms with E-state index in [1.165, 1.54) is 4.57 Å². The van der Waals surface area contributed by atoms with Crippen LogP contribution in [0.2, 0.25) is 5.02 Å². The maximum Gasteiger partial charge on any atom is 0.277 e. The molecule has 36 heavy (non-hydrogen) atoms. The van der Waals surface area contributed by atoms with Gasteiger partial charge in [0.1, 0.15) is 40.4 Å². The molecular formula is C25H25ClF2N6O2. The quantitative estimate of drug-likeness (QED) is 0.378. The zero-order valence-corrected chi connectivity index (χ0v) is 21.5. The fourth-order valence-corrected chi connectivity index (χ4v) is 4.00. The van der Waals surface area contributed by atoms with Crippen molar-refractivity contribution < 1.29 is 13.5 Å². The number of pyridine rings is 3. The molecule has 0 aliphatic heterocycles. The van der Waals surface area contributed by atoms with Crippen molar-refractivity contribution in [3.63, 3.8) is 0 Å². The van der Waals surface area contributed by atoms with Crippen molar-refractivity contribution >= 4 is 11.6 Å². The zero-order chi connectivity index (χ0) is 26.4. The first-order chi connectivity index (χ1) is 16.9. The minimum absolute atomic E-state index is 0.0640. The Labute approximate surface area is 211 Å². The molecular weight excluding hydrogens is 490 g/mol. The molecule has 0 spiro atoms. The summed E-state index contributed by atoms with van der Waals surface area (Å²) >= 11 is 6.36. The summed E-state index contributed by atoms with van der Waals surface area (Å²) in [7, 11) is 1.83. The van der Waals surface area contributed by atoms with Crippen LogP contribution in [-0.2, 0) is 19.1 Å². The summed E-state index contributed by atoms with van der Waals surface area (Å²) < 4.78 is 35.7. The molecule has 4 aromatic rings. The number of hydrogen-bond acceptors (Lipinski definition) is 6. The van der Waals surface area contributed by atoms with Crippen LogP contribution in [0.5, 0.6) is 5.75 Å². The van der Waals surface area contributed by atoms with Gasteiger partial charge in [-0.15, -0.1) is 5.10 Å². The van der Waals surface area contributed by atoms with Crippen molar-refractivity contribution in [3.05, 3.63) is 80.4 Å². The lowest BCUT2D eigenvalue weighted by atomic mass is 9.96. The highest BCUT2D eigenvalue weighted by atomic mass is 35.5. The maximum absolute atomic E-state index is 13.9. The van der Waals surface area contributed by atoms with Gasteiger partial charge in [0.15, 0.2) is 11.6 Å². The van der Waals surface area contributed by atoms with Gasteiger partial charge in [-0.05, 0) is 25.5 Å². The van der Waals surface area contributed by atoms with Gasteiger partial charge >= 0.3 is 0 Å². The Hall–Kier alpha value is -3.66. The predicted molar refractivity (Wildman–Crippen MR) is 132 cm³/mol. The number of aromatic nitrogens is 6. The van der Waals surface area contributed by atoms with Crippen LogP contribution in [0.15, 0.2) is 35.4 Å². The Morgan fingerprint density at radius 1 is 1.08 bits per heavy atom. The van der Waals surface area contributed by atoms with E-state index in [4.69, 9.17) is 16.3 Å². The third kappa shape index (κ3) is 4.86. The lowest BCUT2D eigenvalue weighted by Crippen LogP contribution is -2.23. The lowest BCUT2D eigenvalue weighted by molar-refractivity contribution is 0.292. The fraction of sp³-hybridized carbons (Fsp3) is 0.320. The second-order valence-corrected chi connectivity index (χ2v) is 9.84. The zero-order valence-electron chi connectivity index (χ0n) is 20.7. The van der Waals surface area contributed by atoms with Crippen LogP contribution in [0.25, 0.3) is 17.2 Å². The smallest absolute Gasteiger partial charge is 0.277 e. The minimum atomic E-state index is -0.853. The molecule has 0 saturated heterocycles. The molecule has 0 amide bonds. The molecule has 0 N–H and O–H groups in total. The van der Waals surface area contributed by atoms with E-state index in [2.05, 4.69) is 20.1 Å². The predicted octanol–water partition coefficient (Wildman–Crippen LogP) is 4.85. The molecule has 188 valence electrons. The summed E-state index contributed by atoms with van der Waals surface area (Å²) in [5, 5.41) is 4.32. The van der Waals surface area contributed by atoms with Gasteiger partial charge < -0.3 is 4.74 Å². The molecule has 0 bridgehead atoms. The lowest BCUT2D eigenvalue weighted by Gasteiger charge is -2.16. The van der Waals surface area contributed by atoms with Gasteiger partial charge in [0.05, 0.1) is 11.9 Å². The monoisotopic (exact) mass is 514 g/mol. The van der Waals surface area contributed by atoms with E-state index >= 15 is 0 Å². The Bertz CT molecular complexity index is 1520. The van der Waals surface area contributed by atoms with Crippen molar-refractivity contribution in [1.29, 1.82) is 0 Å². The molecule has 0 saturated carbocycles. The summed E-state index contributed by atoms with van der Waals surface area (Å²) in [4.78, 5) is 26.1. The first-order valence-electron chi connectivity index (χ1n) is 11.1. The standard InChI is InChI=1S/C25H25ClF2N6O2/c1-13-10-29-17(22-31-24(25(3,4)5)33(6)32-22)9-19(13)34-14(2)7-20(21(26)23(34)35)36-12-18-16(28)8-15(27)11-30-18/h7-11H,12H2,1-6H3. The molecule has 0 aromatic carbocycles. The molecule has 0 atom stereocenters. The average molecular weight is 515 g/mol. The van der Waals surface area contributed by atoms with E-state index in [-0.39, 0.29) is 28.5 Å². The Kier molecular flexibility index (Phi) is 6.66. The second-order valence-electron chi connectivity index (χ2n) is 9.46. The number of ether oxygens (including phenoxy) is 1. The van der Waals surface area contributed by atoms with Gasteiger partial charge in [0, 0.05) is 36.5 Å². The molecule has 0 aliphatic rings. The third-order valence-electron chi connectivity index (χ3n) is 5.53. The third-order valence-corrected chi connectivity index (χ3v) is 5.87. The van der Waals surface area contributed by atoms with E-state index in [0.29, 0.717) is 29.0 Å². The van der Waals surface area contributed by atoms with Crippen LogP contribution >= 0.6 is 11.6 Å².